The lowest BCUT2D eigenvalue weighted by Gasteiger charge is -2.26. The molecule has 1 fully saturated rings. The highest BCUT2D eigenvalue weighted by molar-refractivity contribution is 6.03. The van der Waals surface area contributed by atoms with E-state index in [0.717, 1.165) is 0 Å². The summed E-state index contributed by atoms with van der Waals surface area (Å²) in [4.78, 5) is 23.8. The molecular formula is C13H12O4. The van der Waals surface area contributed by atoms with E-state index in [1.54, 1.807) is 18.2 Å². The zero-order valence-electron chi connectivity index (χ0n) is 9.22. The van der Waals surface area contributed by atoms with Gasteiger partial charge in [-0.2, -0.15) is 0 Å². The topological polar surface area (TPSA) is 52.6 Å². The maximum Gasteiger partial charge on any atom is 0.309 e. The number of esters is 1. The Balaban J connectivity index is 1.91. The van der Waals surface area contributed by atoms with Gasteiger partial charge in [0.15, 0.2) is 5.78 Å². The quantitative estimate of drug-likeness (QED) is 0.687. The van der Waals surface area contributed by atoms with Gasteiger partial charge in [0.05, 0.1) is 30.6 Å². The summed E-state index contributed by atoms with van der Waals surface area (Å²) in [5, 5.41) is 0. The zero-order chi connectivity index (χ0) is 11.8. The van der Waals surface area contributed by atoms with E-state index >= 15 is 0 Å². The van der Waals surface area contributed by atoms with Gasteiger partial charge in [0.2, 0.25) is 0 Å². The molecule has 0 bridgehead atoms. The largest absolute Gasteiger partial charge is 0.492 e. The number of carbonyl (C=O) groups is 2. The number of para-hydroxylation sites is 1. The van der Waals surface area contributed by atoms with E-state index in [2.05, 4.69) is 0 Å². The van der Waals surface area contributed by atoms with E-state index in [1.165, 1.54) is 0 Å². The number of benzene rings is 1. The van der Waals surface area contributed by atoms with Crippen LogP contribution < -0.4 is 4.74 Å². The van der Waals surface area contributed by atoms with Crippen LogP contribution in [0.3, 0.4) is 0 Å². The van der Waals surface area contributed by atoms with Crippen molar-refractivity contribution in [3.8, 4) is 5.75 Å². The first-order valence-electron chi connectivity index (χ1n) is 5.70. The predicted octanol–water partition coefficient (Wildman–Crippen LogP) is 1.44. The van der Waals surface area contributed by atoms with Gasteiger partial charge in [0, 0.05) is 0 Å². The van der Waals surface area contributed by atoms with Gasteiger partial charge in [-0.1, -0.05) is 12.1 Å². The molecule has 0 radical (unpaired) electrons. The van der Waals surface area contributed by atoms with Crippen LogP contribution in [0.5, 0.6) is 5.75 Å². The van der Waals surface area contributed by atoms with E-state index in [-0.39, 0.29) is 30.2 Å². The standard InChI is InChI=1S/C13H12O4/c14-12-9-3-1-2-4-11(9)17-7-10(12)8-5-6-16-13(8)15/h1-4,8,10H,5-7H2/t8-,10-/m1/s1. The van der Waals surface area contributed by atoms with E-state index in [0.29, 0.717) is 24.3 Å². The Morgan fingerprint density at radius 2 is 1.88 bits per heavy atom. The number of hydrogen-bond donors (Lipinski definition) is 0. The summed E-state index contributed by atoms with van der Waals surface area (Å²) < 4.78 is 10.4. The second-order valence-corrected chi connectivity index (χ2v) is 4.34. The van der Waals surface area contributed by atoms with Crippen LogP contribution in [0.25, 0.3) is 0 Å². The second kappa shape index (κ2) is 3.87. The second-order valence-electron chi connectivity index (χ2n) is 4.34. The van der Waals surface area contributed by atoms with Crippen LogP contribution in [-0.2, 0) is 9.53 Å². The van der Waals surface area contributed by atoms with Crippen LogP contribution in [0.4, 0.5) is 0 Å². The van der Waals surface area contributed by atoms with Gasteiger partial charge in [-0.3, -0.25) is 9.59 Å². The summed E-state index contributed by atoms with van der Waals surface area (Å²) in [6.07, 6.45) is 0.612. The highest BCUT2D eigenvalue weighted by atomic mass is 16.5. The number of Topliss-reactive ketones (excluding diaryl/α,β-unsaturated/α-hetero) is 1. The average molecular weight is 232 g/mol. The molecule has 1 aromatic rings. The molecule has 0 saturated carbocycles. The number of hydrogen-bond acceptors (Lipinski definition) is 4. The summed E-state index contributed by atoms with van der Waals surface area (Å²) in [5.41, 5.74) is 0.573. The van der Waals surface area contributed by atoms with Crippen LogP contribution in [0.2, 0.25) is 0 Å². The fraction of sp³-hybridized carbons (Fsp3) is 0.385. The number of rotatable bonds is 1. The van der Waals surface area contributed by atoms with Crippen molar-refractivity contribution in [1.82, 2.24) is 0 Å². The molecule has 3 rings (SSSR count). The molecule has 17 heavy (non-hydrogen) atoms. The SMILES string of the molecule is O=C1OCC[C@@H]1[C@H]1COc2ccccc2C1=O. The van der Waals surface area contributed by atoms with E-state index in [4.69, 9.17) is 9.47 Å². The Hall–Kier alpha value is -1.84. The highest BCUT2D eigenvalue weighted by Gasteiger charge is 2.41. The van der Waals surface area contributed by atoms with Crippen molar-refractivity contribution in [3.05, 3.63) is 29.8 Å². The Morgan fingerprint density at radius 1 is 1.06 bits per heavy atom. The number of carbonyl (C=O) groups excluding carboxylic acids is 2. The average Bonchev–Trinajstić information content (AvgIpc) is 2.76. The molecule has 2 aliphatic rings. The predicted molar refractivity (Wildman–Crippen MR) is 58.8 cm³/mol. The molecule has 0 aliphatic carbocycles. The molecule has 0 N–H and O–H groups in total. The minimum atomic E-state index is -0.389. The Labute approximate surface area is 98.5 Å². The Kier molecular flexibility index (Phi) is 2.35. The van der Waals surface area contributed by atoms with Gasteiger partial charge in [0.25, 0.3) is 0 Å². The fourth-order valence-electron chi connectivity index (χ4n) is 2.43. The molecule has 0 amide bonds. The van der Waals surface area contributed by atoms with Gasteiger partial charge >= 0.3 is 5.97 Å². The van der Waals surface area contributed by atoms with Crippen LogP contribution in [0.1, 0.15) is 16.8 Å². The van der Waals surface area contributed by atoms with Crippen molar-refractivity contribution in [1.29, 1.82) is 0 Å². The monoisotopic (exact) mass is 232 g/mol. The van der Waals surface area contributed by atoms with Crippen LogP contribution >= 0.6 is 0 Å². The highest BCUT2D eigenvalue weighted by Crippen LogP contribution is 2.33. The minimum Gasteiger partial charge on any atom is -0.492 e. The first kappa shape index (κ1) is 10.3. The van der Waals surface area contributed by atoms with Crippen LogP contribution in [-0.4, -0.2) is 25.0 Å². The van der Waals surface area contributed by atoms with E-state index in [9.17, 15) is 9.59 Å². The molecular weight excluding hydrogens is 220 g/mol. The summed E-state index contributed by atoms with van der Waals surface area (Å²) >= 11 is 0. The molecule has 88 valence electrons. The minimum absolute atomic E-state index is 0.00398. The summed E-state index contributed by atoms with van der Waals surface area (Å²) in [6.45, 7) is 0.685. The van der Waals surface area contributed by atoms with Crippen molar-refractivity contribution in [2.75, 3.05) is 13.2 Å². The number of fused-ring (bicyclic) bond motifs is 1. The van der Waals surface area contributed by atoms with Gasteiger partial charge < -0.3 is 9.47 Å². The summed E-state index contributed by atoms with van der Waals surface area (Å²) in [7, 11) is 0. The van der Waals surface area contributed by atoms with Crippen molar-refractivity contribution in [3.63, 3.8) is 0 Å². The van der Waals surface area contributed by atoms with Crippen LogP contribution in [0.15, 0.2) is 24.3 Å². The third-order valence-corrected chi connectivity index (χ3v) is 3.37. The first-order chi connectivity index (χ1) is 8.27. The molecule has 0 spiro atoms. The molecule has 0 unspecified atom stereocenters. The van der Waals surface area contributed by atoms with Gasteiger partial charge in [0.1, 0.15) is 5.75 Å². The van der Waals surface area contributed by atoms with Crippen LogP contribution in [0, 0.1) is 11.8 Å². The van der Waals surface area contributed by atoms with Gasteiger partial charge in [-0.25, -0.2) is 0 Å². The Morgan fingerprint density at radius 3 is 2.65 bits per heavy atom. The lowest BCUT2D eigenvalue weighted by molar-refractivity contribution is -0.142. The third kappa shape index (κ3) is 1.60. The number of cyclic esters (lactones) is 1. The smallest absolute Gasteiger partial charge is 0.309 e. The molecule has 2 atom stereocenters. The molecule has 4 heteroatoms. The molecule has 2 aliphatic heterocycles. The van der Waals surface area contributed by atoms with Crippen molar-refractivity contribution in [2.45, 2.75) is 6.42 Å². The Bertz CT molecular complexity index is 480. The third-order valence-electron chi connectivity index (χ3n) is 3.37. The van der Waals surface area contributed by atoms with Crippen molar-refractivity contribution < 1.29 is 19.1 Å². The van der Waals surface area contributed by atoms with Gasteiger partial charge in [-0.05, 0) is 18.6 Å². The number of ether oxygens (including phenoxy) is 2. The van der Waals surface area contributed by atoms with Gasteiger partial charge in [-0.15, -0.1) is 0 Å². The zero-order valence-corrected chi connectivity index (χ0v) is 9.22. The van der Waals surface area contributed by atoms with Crippen molar-refractivity contribution in [2.24, 2.45) is 11.8 Å². The molecule has 0 aromatic heterocycles. The molecule has 1 saturated heterocycles. The lowest BCUT2D eigenvalue weighted by Crippen LogP contribution is -2.35. The van der Waals surface area contributed by atoms with Crippen molar-refractivity contribution >= 4 is 11.8 Å². The summed E-state index contributed by atoms with van der Waals surface area (Å²) in [5.74, 6) is -0.391. The lowest BCUT2D eigenvalue weighted by atomic mass is 9.83. The first-order valence-corrected chi connectivity index (χ1v) is 5.70. The molecule has 4 nitrogen and oxygen atoms in total. The normalized spacial score (nSPS) is 27.3. The molecule has 2 heterocycles. The molecule has 1 aromatic carbocycles. The van der Waals surface area contributed by atoms with E-state index in [1.807, 2.05) is 6.07 Å². The van der Waals surface area contributed by atoms with E-state index < -0.39 is 0 Å². The number of ketones is 1. The maximum atomic E-state index is 12.3. The summed E-state index contributed by atoms with van der Waals surface area (Å²) in [6, 6.07) is 7.15. The fourth-order valence-corrected chi connectivity index (χ4v) is 2.43. The maximum absolute atomic E-state index is 12.3.